The topological polar surface area (TPSA) is 89.6 Å². The highest BCUT2D eigenvalue weighted by Gasteiger charge is 2.15. The number of benzene rings is 1. The Bertz CT molecular complexity index is 1090. The average Bonchev–Trinajstić information content (AvgIpc) is 3.29. The molecule has 4 aromatic rings. The molecule has 3 heterocycles. The molecular formula is C18H15N5O2S. The maximum absolute atomic E-state index is 11.0. The van der Waals surface area contributed by atoms with Gasteiger partial charge in [0.2, 0.25) is 0 Å². The molecule has 0 fully saturated rings. The Hall–Kier alpha value is -3.13. The lowest BCUT2D eigenvalue weighted by molar-refractivity contribution is -0.385. The number of rotatable bonds is 5. The Morgan fingerprint density at radius 1 is 1.27 bits per heavy atom. The summed E-state index contributed by atoms with van der Waals surface area (Å²) in [7, 11) is 0. The Balaban J connectivity index is 1.57. The predicted molar refractivity (Wildman–Crippen MR) is 101 cm³/mol. The van der Waals surface area contributed by atoms with Crippen LogP contribution in [0.5, 0.6) is 0 Å². The molecule has 3 aromatic heterocycles. The van der Waals surface area contributed by atoms with E-state index in [2.05, 4.69) is 15.0 Å². The number of nitrogens with one attached hydrogen (secondary N) is 1. The van der Waals surface area contributed by atoms with Crippen LogP contribution in [0.1, 0.15) is 11.3 Å². The molecule has 0 saturated carbocycles. The summed E-state index contributed by atoms with van der Waals surface area (Å²) in [5.41, 5.74) is 4.26. The maximum atomic E-state index is 11.0. The smallest absolute Gasteiger partial charge is 0.275 e. The third-order valence-electron chi connectivity index (χ3n) is 4.17. The van der Waals surface area contributed by atoms with Crippen molar-refractivity contribution in [2.45, 2.75) is 17.8 Å². The molecule has 1 N–H and O–H groups in total. The molecule has 0 aliphatic carbocycles. The van der Waals surface area contributed by atoms with Gasteiger partial charge in [0.15, 0.2) is 5.16 Å². The SMILES string of the molecule is Cc1c([N+](=O)[O-])ccnc1CSc1nc2ccc(-n3cccc3)cc2[nH]1. The van der Waals surface area contributed by atoms with Gasteiger partial charge in [0.05, 0.1) is 21.7 Å². The molecule has 0 radical (unpaired) electrons. The van der Waals surface area contributed by atoms with Crippen molar-refractivity contribution < 1.29 is 4.92 Å². The number of aromatic amines is 1. The van der Waals surface area contributed by atoms with Gasteiger partial charge in [0.1, 0.15) is 0 Å². The molecule has 0 aliphatic heterocycles. The van der Waals surface area contributed by atoms with Crippen molar-refractivity contribution >= 4 is 28.5 Å². The molecule has 0 amide bonds. The molecule has 4 rings (SSSR count). The summed E-state index contributed by atoms with van der Waals surface area (Å²) in [6, 6.07) is 11.4. The van der Waals surface area contributed by atoms with E-state index in [0.29, 0.717) is 17.0 Å². The van der Waals surface area contributed by atoms with Crippen LogP contribution >= 0.6 is 11.8 Å². The molecule has 0 unspecified atom stereocenters. The zero-order valence-corrected chi connectivity index (χ0v) is 14.7. The first-order chi connectivity index (χ1) is 12.6. The summed E-state index contributed by atoms with van der Waals surface area (Å²) in [6.45, 7) is 1.73. The van der Waals surface area contributed by atoms with Crippen LogP contribution in [0.3, 0.4) is 0 Å². The molecule has 26 heavy (non-hydrogen) atoms. The number of fused-ring (bicyclic) bond motifs is 1. The second-order valence-electron chi connectivity index (χ2n) is 5.78. The minimum atomic E-state index is -0.380. The van der Waals surface area contributed by atoms with Crippen molar-refractivity contribution in [3.05, 3.63) is 76.4 Å². The van der Waals surface area contributed by atoms with Crippen LogP contribution in [0.15, 0.2) is 60.1 Å². The molecule has 0 atom stereocenters. The molecule has 0 bridgehead atoms. The van der Waals surface area contributed by atoms with Crippen LogP contribution in [0.2, 0.25) is 0 Å². The van der Waals surface area contributed by atoms with Crippen LogP contribution in [-0.2, 0) is 5.75 Å². The Kier molecular flexibility index (Phi) is 4.18. The van der Waals surface area contributed by atoms with Crippen molar-refractivity contribution in [3.63, 3.8) is 0 Å². The zero-order valence-electron chi connectivity index (χ0n) is 13.9. The number of imidazole rings is 1. The lowest BCUT2D eigenvalue weighted by atomic mass is 10.2. The van der Waals surface area contributed by atoms with Crippen molar-refractivity contribution in [2.75, 3.05) is 0 Å². The van der Waals surface area contributed by atoms with E-state index in [4.69, 9.17) is 0 Å². The summed E-state index contributed by atoms with van der Waals surface area (Å²) in [5.74, 6) is 0.512. The van der Waals surface area contributed by atoms with Crippen molar-refractivity contribution in [1.29, 1.82) is 0 Å². The van der Waals surface area contributed by atoms with Gasteiger partial charge in [-0.2, -0.15) is 0 Å². The Labute approximate surface area is 153 Å². The highest BCUT2D eigenvalue weighted by atomic mass is 32.2. The van der Waals surface area contributed by atoms with Gasteiger partial charge in [-0.1, -0.05) is 11.8 Å². The minimum absolute atomic E-state index is 0.0940. The maximum Gasteiger partial charge on any atom is 0.275 e. The summed E-state index contributed by atoms with van der Waals surface area (Å²) < 4.78 is 2.03. The standard InChI is InChI=1S/C18H15N5O2S/c1-12-16(19-7-6-17(12)23(24)25)11-26-18-20-14-5-4-13(10-15(14)21-18)22-8-2-3-9-22/h2-10H,11H2,1H3,(H,20,21). The fourth-order valence-corrected chi connectivity index (χ4v) is 3.67. The van der Waals surface area contributed by atoms with Gasteiger partial charge in [-0.25, -0.2) is 4.98 Å². The van der Waals surface area contributed by atoms with E-state index in [9.17, 15) is 10.1 Å². The quantitative estimate of drug-likeness (QED) is 0.324. The Morgan fingerprint density at radius 2 is 2.08 bits per heavy atom. The van der Waals surface area contributed by atoms with E-state index >= 15 is 0 Å². The average molecular weight is 365 g/mol. The highest BCUT2D eigenvalue weighted by molar-refractivity contribution is 7.98. The summed E-state index contributed by atoms with van der Waals surface area (Å²) in [6.07, 6.45) is 5.46. The predicted octanol–water partition coefficient (Wildman–Crippen LogP) is 4.26. The molecule has 0 aliphatic rings. The monoisotopic (exact) mass is 365 g/mol. The largest absolute Gasteiger partial charge is 0.333 e. The summed E-state index contributed by atoms with van der Waals surface area (Å²) in [5, 5.41) is 11.8. The normalized spacial score (nSPS) is 11.1. The molecule has 8 heteroatoms. The van der Waals surface area contributed by atoms with Gasteiger partial charge in [0, 0.05) is 41.7 Å². The van der Waals surface area contributed by atoms with Gasteiger partial charge in [-0.15, -0.1) is 0 Å². The van der Waals surface area contributed by atoms with Crippen molar-refractivity contribution in [2.24, 2.45) is 0 Å². The molecule has 130 valence electrons. The fraction of sp³-hybridized carbons (Fsp3) is 0.111. The van der Waals surface area contributed by atoms with Gasteiger partial charge in [-0.3, -0.25) is 15.1 Å². The number of aromatic nitrogens is 4. The van der Waals surface area contributed by atoms with Crippen LogP contribution in [0, 0.1) is 17.0 Å². The number of H-pyrrole nitrogens is 1. The summed E-state index contributed by atoms with van der Waals surface area (Å²) >= 11 is 1.48. The van der Waals surface area contributed by atoms with Gasteiger partial charge in [0.25, 0.3) is 5.69 Å². The first-order valence-corrected chi connectivity index (χ1v) is 8.95. The van der Waals surface area contributed by atoms with E-state index in [1.165, 1.54) is 24.0 Å². The lowest BCUT2D eigenvalue weighted by Gasteiger charge is -2.03. The molecule has 7 nitrogen and oxygen atoms in total. The number of nitrogens with zero attached hydrogens (tertiary/aromatic N) is 4. The van der Waals surface area contributed by atoms with Gasteiger partial charge >= 0.3 is 0 Å². The Morgan fingerprint density at radius 3 is 2.85 bits per heavy atom. The number of hydrogen-bond donors (Lipinski definition) is 1. The number of pyridine rings is 1. The van der Waals surface area contributed by atoms with Crippen LogP contribution in [0.25, 0.3) is 16.7 Å². The van der Waals surface area contributed by atoms with Crippen LogP contribution < -0.4 is 0 Å². The fourth-order valence-electron chi connectivity index (χ4n) is 2.76. The highest BCUT2D eigenvalue weighted by Crippen LogP contribution is 2.27. The van der Waals surface area contributed by atoms with Gasteiger partial charge in [-0.05, 0) is 37.3 Å². The zero-order chi connectivity index (χ0) is 18.1. The van der Waals surface area contributed by atoms with E-state index in [1.54, 1.807) is 6.92 Å². The lowest BCUT2D eigenvalue weighted by Crippen LogP contribution is -1.98. The van der Waals surface area contributed by atoms with Gasteiger partial charge < -0.3 is 9.55 Å². The van der Waals surface area contributed by atoms with Crippen LogP contribution in [0.4, 0.5) is 5.69 Å². The summed E-state index contributed by atoms with van der Waals surface area (Å²) in [4.78, 5) is 22.8. The molecule has 0 saturated heterocycles. The molecule has 1 aromatic carbocycles. The van der Waals surface area contributed by atoms with E-state index in [0.717, 1.165) is 21.9 Å². The van der Waals surface area contributed by atoms with E-state index in [-0.39, 0.29) is 10.6 Å². The van der Waals surface area contributed by atoms with E-state index < -0.39 is 0 Å². The van der Waals surface area contributed by atoms with E-state index in [1.807, 2.05) is 47.3 Å². The molecule has 0 spiro atoms. The second-order valence-corrected chi connectivity index (χ2v) is 6.75. The van der Waals surface area contributed by atoms with Crippen molar-refractivity contribution in [1.82, 2.24) is 19.5 Å². The molecular weight excluding hydrogens is 350 g/mol. The first kappa shape index (κ1) is 16.3. The van der Waals surface area contributed by atoms with Crippen molar-refractivity contribution in [3.8, 4) is 5.69 Å². The second kappa shape index (κ2) is 6.64. The van der Waals surface area contributed by atoms with Crippen LogP contribution in [-0.4, -0.2) is 24.4 Å². The number of thioether (sulfide) groups is 1. The minimum Gasteiger partial charge on any atom is -0.333 e. The number of nitro groups is 1. The third-order valence-corrected chi connectivity index (χ3v) is 5.05. The first-order valence-electron chi connectivity index (χ1n) is 7.96. The number of hydrogen-bond acceptors (Lipinski definition) is 5. The third kappa shape index (κ3) is 3.06.